The van der Waals surface area contributed by atoms with E-state index in [4.69, 9.17) is 24.4 Å². The quantitative estimate of drug-likeness (QED) is 0.130. The minimum Gasteiger partial charge on any atom is -0.481 e. The van der Waals surface area contributed by atoms with Crippen molar-refractivity contribution >= 4 is 23.9 Å². The summed E-state index contributed by atoms with van der Waals surface area (Å²) in [5.74, 6) is -1.92. The summed E-state index contributed by atoms with van der Waals surface area (Å²) >= 11 is 0. The van der Waals surface area contributed by atoms with Gasteiger partial charge in [-0.2, -0.15) is 0 Å². The zero-order valence-electron chi connectivity index (χ0n) is 23.4. The van der Waals surface area contributed by atoms with E-state index in [0.29, 0.717) is 84.0 Å². The highest BCUT2D eigenvalue weighted by molar-refractivity contribution is 5.81. The van der Waals surface area contributed by atoms with E-state index in [1.807, 2.05) is 0 Å². The fourth-order valence-corrected chi connectivity index (χ4v) is 3.94. The zero-order chi connectivity index (χ0) is 29.5. The van der Waals surface area contributed by atoms with E-state index in [-0.39, 0.29) is 36.0 Å². The zero-order valence-corrected chi connectivity index (χ0v) is 23.4. The molecule has 0 atom stereocenters. The highest BCUT2D eigenvalue weighted by Crippen LogP contribution is 2.25. The van der Waals surface area contributed by atoms with E-state index >= 15 is 0 Å². The minimum absolute atomic E-state index is 0.0676. The molecule has 0 bridgehead atoms. The molecule has 0 aromatic carbocycles. The highest BCUT2D eigenvalue weighted by atomic mass is 16.5. The number of hydrogen-bond acceptors (Lipinski definition) is 9. The van der Waals surface area contributed by atoms with Crippen LogP contribution in [0.5, 0.6) is 0 Å². The average molecular weight is 557 g/mol. The Morgan fingerprint density at radius 2 is 1.05 bits per heavy atom. The third-order valence-corrected chi connectivity index (χ3v) is 6.43. The van der Waals surface area contributed by atoms with Gasteiger partial charge in [-0.25, -0.2) is 9.59 Å². The molecule has 0 saturated heterocycles. The number of rotatable bonds is 13. The SMILES string of the molecule is C=CC(=O)OCCCCC.C=CC(=O)OCCCCOC(=O)C1CCC(O)CC1.O=C(O)C1CCC(O)CC1. The number of carboxylic acids is 1. The van der Waals surface area contributed by atoms with Crippen LogP contribution in [0.1, 0.15) is 90.4 Å². The summed E-state index contributed by atoms with van der Waals surface area (Å²) in [7, 11) is 0. The molecule has 224 valence electrons. The first kappa shape index (κ1) is 36.3. The largest absolute Gasteiger partial charge is 0.481 e. The number of unbranched alkanes of at least 4 members (excludes halogenated alkanes) is 3. The first-order chi connectivity index (χ1) is 18.6. The summed E-state index contributed by atoms with van der Waals surface area (Å²) in [6, 6.07) is 0. The first-order valence-corrected chi connectivity index (χ1v) is 14.0. The molecule has 0 spiro atoms. The van der Waals surface area contributed by atoms with Gasteiger partial charge in [-0.15, -0.1) is 0 Å². The lowest BCUT2D eigenvalue weighted by atomic mass is 9.87. The van der Waals surface area contributed by atoms with Crippen molar-refractivity contribution in [3.8, 4) is 0 Å². The fourth-order valence-electron chi connectivity index (χ4n) is 3.94. The highest BCUT2D eigenvalue weighted by Gasteiger charge is 2.26. The second-order valence-electron chi connectivity index (χ2n) is 9.67. The number of aliphatic hydroxyl groups is 2. The van der Waals surface area contributed by atoms with Crippen molar-refractivity contribution in [2.24, 2.45) is 11.8 Å². The third kappa shape index (κ3) is 19.9. The molecule has 2 aliphatic carbocycles. The number of aliphatic carboxylic acids is 1. The normalized spacial score (nSPS) is 21.9. The van der Waals surface area contributed by atoms with Crippen LogP contribution in [-0.2, 0) is 33.4 Å². The lowest BCUT2D eigenvalue weighted by Crippen LogP contribution is -2.26. The van der Waals surface area contributed by atoms with Gasteiger partial charge in [0.2, 0.25) is 0 Å². The average Bonchev–Trinajstić information content (AvgIpc) is 2.93. The topological polar surface area (TPSA) is 157 Å². The number of ether oxygens (including phenoxy) is 3. The van der Waals surface area contributed by atoms with Crippen molar-refractivity contribution in [2.75, 3.05) is 19.8 Å². The maximum Gasteiger partial charge on any atom is 0.330 e. The molecule has 10 nitrogen and oxygen atoms in total. The van der Waals surface area contributed by atoms with Crippen molar-refractivity contribution in [1.29, 1.82) is 0 Å². The number of hydrogen-bond donors (Lipinski definition) is 3. The predicted octanol–water partition coefficient (Wildman–Crippen LogP) is 4.12. The molecule has 2 rings (SSSR count). The number of aliphatic hydroxyl groups excluding tert-OH is 2. The molecule has 0 aromatic heterocycles. The molecule has 0 aromatic rings. The molecule has 0 aliphatic heterocycles. The van der Waals surface area contributed by atoms with Crippen LogP contribution in [0.15, 0.2) is 25.3 Å². The van der Waals surface area contributed by atoms with Gasteiger partial charge in [0.05, 0.1) is 43.9 Å². The van der Waals surface area contributed by atoms with Crippen molar-refractivity contribution in [2.45, 2.75) is 103 Å². The van der Waals surface area contributed by atoms with Crippen LogP contribution in [0.3, 0.4) is 0 Å². The Balaban J connectivity index is 0.000000610. The summed E-state index contributed by atoms with van der Waals surface area (Å²) in [6.45, 7) is 9.88. The van der Waals surface area contributed by atoms with Crippen LogP contribution >= 0.6 is 0 Å². The standard InChI is InChI=1S/C14H22O5.C8H14O2.C7H12O3/c1-2-13(16)18-9-3-4-10-19-14(17)11-5-7-12(15)8-6-11;1-3-5-6-7-10-8(9)4-2;8-6-3-1-5(2-4-6)7(9)10/h2,11-12,15H,1,3-10H2;4H,2-3,5-7H2,1H3;5-6,8H,1-4H2,(H,9,10). The summed E-state index contributed by atoms with van der Waals surface area (Å²) in [5.41, 5.74) is 0. The van der Waals surface area contributed by atoms with E-state index in [1.165, 1.54) is 6.08 Å². The molecule has 0 radical (unpaired) electrons. The van der Waals surface area contributed by atoms with E-state index < -0.39 is 11.9 Å². The van der Waals surface area contributed by atoms with Gasteiger partial charge >= 0.3 is 23.9 Å². The van der Waals surface area contributed by atoms with Gasteiger partial charge in [0.15, 0.2) is 0 Å². The molecule has 2 fully saturated rings. The van der Waals surface area contributed by atoms with Crippen LogP contribution in [-0.4, -0.2) is 71.2 Å². The molecular formula is C29H48O10. The molecule has 0 heterocycles. The van der Waals surface area contributed by atoms with Crippen LogP contribution in [0.25, 0.3) is 0 Å². The molecule has 3 N–H and O–H groups in total. The monoisotopic (exact) mass is 556 g/mol. The molecule has 2 saturated carbocycles. The lowest BCUT2D eigenvalue weighted by Gasteiger charge is -2.23. The maximum atomic E-state index is 11.7. The second-order valence-corrected chi connectivity index (χ2v) is 9.67. The van der Waals surface area contributed by atoms with Gasteiger partial charge in [0.1, 0.15) is 0 Å². The molecule has 10 heteroatoms. The Bertz CT molecular complexity index is 720. The Labute approximate surface area is 232 Å². The van der Waals surface area contributed by atoms with Crippen LogP contribution < -0.4 is 0 Å². The van der Waals surface area contributed by atoms with E-state index in [0.717, 1.165) is 25.3 Å². The number of carbonyl (C=O) groups excluding carboxylic acids is 3. The van der Waals surface area contributed by atoms with Gasteiger partial charge in [0.25, 0.3) is 0 Å². The van der Waals surface area contributed by atoms with Gasteiger partial charge in [-0.1, -0.05) is 32.9 Å². The van der Waals surface area contributed by atoms with Crippen LogP contribution in [0, 0.1) is 11.8 Å². The van der Waals surface area contributed by atoms with E-state index in [9.17, 15) is 24.3 Å². The summed E-state index contributed by atoms with van der Waals surface area (Å²) in [6.07, 6.45) is 11.7. The van der Waals surface area contributed by atoms with E-state index in [1.54, 1.807) is 0 Å². The second kappa shape index (κ2) is 23.2. The van der Waals surface area contributed by atoms with Crippen molar-refractivity contribution in [3.05, 3.63) is 25.3 Å². The predicted molar refractivity (Wildman–Crippen MR) is 146 cm³/mol. The molecule has 39 heavy (non-hydrogen) atoms. The van der Waals surface area contributed by atoms with E-state index in [2.05, 4.69) is 20.1 Å². The Morgan fingerprint density at radius 3 is 1.44 bits per heavy atom. The molecule has 0 unspecified atom stereocenters. The van der Waals surface area contributed by atoms with Crippen molar-refractivity contribution in [3.63, 3.8) is 0 Å². The van der Waals surface area contributed by atoms with Crippen molar-refractivity contribution in [1.82, 2.24) is 0 Å². The number of esters is 3. The summed E-state index contributed by atoms with van der Waals surface area (Å²) in [4.78, 5) is 43.2. The molecular weight excluding hydrogens is 508 g/mol. The Hall–Kier alpha value is -2.72. The minimum atomic E-state index is -0.716. The number of carboxylic acid groups (broad SMARTS) is 1. The van der Waals surface area contributed by atoms with Gasteiger partial charge in [-0.05, 0) is 70.6 Å². The van der Waals surface area contributed by atoms with Gasteiger partial charge < -0.3 is 29.5 Å². The van der Waals surface area contributed by atoms with Crippen molar-refractivity contribution < 1.29 is 48.7 Å². The number of carbonyl (C=O) groups is 4. The summed E-state index contributed by atoms with van der Waals surface area (Å²) in [5, 5.41) is 26.9. The Morgan fingerprint density at radius 1 is 0.667 bits per heavy atom. The van der Waals surface area contributed by atoms with Crippen LogP contribution in [0.4, 0.5) is 0 Å². The molecule has 0 amide bonds. The van der Waals surface area contributed by atoms with Crippen LogP contribution in [0.2, 0.25) is 0 Å². The smallest absolute Gasteiger partial charge is 0.330 e. The van der Waals surface area contributed by atoms with Gasteiger partial charge in [0, 0.05) is 12.2 Å². The summed E-state index contributed by atoms with van der Waals surface area (Å²) < 4.78 is 14.7. The Kier molecular flexibility index (Phi) is 21.6. The molecule has 2 aliphatic rings. The fraction of sp³-hybridized carbons (Fsp3) is 0.724. The first-order valence-electron chi connectivity index (χ1n) is 14.0. The van der Waals surface area contributed by atoms with Gasteiger partial charge in [-0.3, -0.25) is 9.59 Å². The lowest BCUT2D eigenvalue weighted by molar-refractivity contribution is -0.151. The maximum absolute atomic E-state index is 11.7. The third-order valence-electron chi connectivity index (χ3n) is 6.43.